The molecule has 0 aliphatic carbocycles. The molecule has 0 aromatic heterocycles. The fourth-order valence-electron chi connectivity index (χ4n) is 0.877. The summed E-state index contributed by atoms with van der Waals surface area (Å²) in [5.74, 6) is -1.11. The van der Waals surface area contributed by atoms with Crippen LogP contribution in [0.3, 0.4) is 0 Å². The second kappa shape index (κ2) is 6.05. The second-order valence-electron chi connectivity index (χ2n) is 3.14. The quantitative estimate of drug-likeness (QED) is 0.436. The van der Waals surface area contributed by atoms with Gasteiger partial charge in [0.05, 0.1) is 0 Å². The summed E-state index contributed by atoms with van der Waals surface area (Å²) in [4.78, 5) is 11.1. The molecular weight excluding hydrogens is 402 g/mol. The predicted octanol–water partition coefficient (Wildman–Crippen LogP) is 2.42. The lowest BCUT2D eigenvalue weighted by atomic mass is 10.3. The van der Waals surface area contributed by atoms with Gasteiger partial charge in [0.25, 0.3) is 5.97 Å². The van der Waals surface area contributed by atoms with E-state index in [0.29, 0.717) is 0 Å². The van der Waals surface area contributed by atoms with Gasteiger partial charge in [0, 0.05) is 3.57 Å². The molecule has 0 saturated carbocycles. The topological polar surface area (TPSA) is 74.5 Å². The summed E-state index contributed by atoms with van der Waals surface area (Å²) in [5, 5.41) is 0. The van der Waals surface area contributed by atoms with Crippen LogP contribution in [0.2, 0.25) is 0 Å². The van der Waals surface area contributed by atoms with E-state index in [9.17, 15) is 26.4 Å². The van der Waals surface area contributed by atoms with Gasteiger partial charge in [0.2, 0.25) is 0 Å². The summed E-state index contributed by atoms with van der Waals surface area (Å²) in [6.07, 6.45) is 0. The molecule has 5 nitrogen and oxygen atoms in total. The van der Waals surface area contributed by atoms with E-state index in [1.807, 2.05) is 22.6 Å². The molecule has 0 atom stereocenters. The summed E-state index contributed by atoms with van der Waals surface area (Å²) in [6.45, 7) is -1.23. The Kier molecular flexibility index (Phi) is 5.15. The number of ether oxygens (including phenoxy) is 1. The molecule has 0 fully saturated rings. The molecule has 0 aliphatic rings. The van der Waals surface area contributed by atoms with E-state index >= 15 is 0 Å². The number of carbonyl (C=O) groups excluding carboxylic acids is 1. The molecule has 0 unspecified atom stereocenters. The molecule has 0 aliphatic heterocycles. The number of alkyl halides is 3. The summed E-state index contributed by atoms with van der Waals surface area (Å²) in [7, 11) is -5.67. The molecule has 1 aromatic rings. The first-order valence-electron chi connectivity index (χ1n) is 4.58. The summed E-state index contributed by atoms with van der Waals surface area (Å²) in [5.41, 5.74) is -5.52. The molecule has 0 spiro atoms. The van der Waals surface area contributed by atoms with E-state index in [-0.39, 0.29) is 5.75 Å². The lowest BCUT2D eigenvalue weighted by Gasteiger charge is -2.20. The highest BCUT2D eigenvalue weighted by Gasteiger charge is 2.38. The number of sulfonamides is 1. The number of carbonyl (C=O) groups is 1. The average Bonchev–Trinajstić information content (AvgIpc) is 2.28. The Morgan fingerprint density at radius 1 is 1.26 bits per heavy atom. The average molecular weight is 408 g/mol. The fraction of sp³-hybridized carbons (Fsp3) is 0.222. The van der Waals surface area contributed by atoms with Gasteiger partial charge in [-0.2, -0.15) is 13.2 Å². The highest BCUT2D eigenvalue weighted by atomic mass is 127. The van der Waals surface area contributed by atoms with Crippen LogP contribution in [-0.4, -0.2) is 26.4 Å². The molecule has 0 heterocycles. The number of hydrogen-bond acceptors (Lipinski definition) is 4. The maximum Gasteiger partial charge on any atom is 0.480 e. The van der Waals surface area contributed by atoms with Gasteiger partial charge in [-0.3, -0.25) is 4.79 Å². The first-order valence-corrected chi connectivity index (χ1v) is 7.10. The van der Waals surface area contributed by atoms with Crippen molar-refractivity contribution in [2.75, 3.05) is 6.54 Å². The molecule has 0 amide bonds. The number of halogens is 4. The first kappa shape index (κ1) is 16.2. The molecule has 1 aromatic carbocycles. The minimum absolute atomic E-state index is 0.0880. The van der Waals surface area contributed by atoms with Gasteiger partial charge in [-0.25, -0.2) is 8.42 Å². The summed E-state index contributed by atoms with van der Waals surface area (Å²) in [6, 6.07) is 6.04. The normalized spacial score (nSPS) is 12.2. The van der Waals surface area contributed by atoms with Crippen molar-refractivity contribution in [2.24, 2.45) is 0 Å². The van der Waals surface area contributed by atoms with Crippen LogP contribution in [0.15, 0.2) is 24.3 Å². The van der Waals surface area contributed by atoms with Gasteiger partial charge < -0.3 is 9.46 Å². The van der Waals surface area contributed by atoms with Crippen LogP contribution in [0.25, 0.3) is 4.72 Å². The van der Waals surface area contributed by atoms with Gasteiger partial charge >= 0.3 is 5.51 Å². The van der Waals surface area contributed by atoms with Crippen molar-refractivity contribution in [3.05, 3.63) is 32.6 Å². The third-order valence-corrected chi connectivity index (χ3v) is 3.47. The number of rotatable bonds is 4. The van der Waals surface area contributed by atoms with Crippen LogP contribution < -0.4 is 4.74 Å². The van der Waals surface area contributed by atoms with Gasteiger partial charge in [-0.1, -0.05) is 0 Å². The molecule has 0 radical (unpaired) electrons. The summed E-state index contributed by atoms with van der Waals surface area (Å²) < 4.78 is 64.7. The number of esters is 1. The molecule has 106 valence electrons. The Balaban J connectivity index is 2.56. The smallest absolute Gasteiger partial charge is 0.480 e. The van der Waals surface area contributed by atoms with Crippen molar-refractivity contribution in [1.29, 1.82) is 0 Å². The Labute approximate surface area is 120 Å². The van der Waals surface area contributed by atoms with Crippen LogP contribution >= 0.6 is 22.6 Å². The molecule has 0 saturated heterocycles. The largest absolute Gasteiger partial charge is 0.532 e. The van der Waals surface area contributed by atoms with Crippen molar-refractivity contribution in [3.8, 4) is 5.75 Å². The van der Waals surface area contributed by atoms with Crippen LogP contribution in [0.4, 0.5) is 13.2 Å². The zero-order valence-electron chi connectivity index (χ0n) is 9.02. The van der Waals surface area contributed by atoms with Crippen molar-refractivity contribution < 1.29 is 31.1 Å². The Hall–Kier alpha value is -0.880. The number of nitrogens with zero attached hydrogens (tertiary/aromatic N) is 1. The van der Waals surface area contributed by atoms with Gasteiger partial charge in [-0.05, 0) is 53.4 Å². The van der Waals surface area contributed by atoms with Crippen molar-refractivity contribution in [3.63, 3.8) is 0 Å². The molecular formula is C9H6F3INO4S-. The van der Waals surface area contributed by atoms with Crippen LogP contribution in [-0.2, 0) is 14.8 Å². The lowest BCUT2D eigenvalue weighted by molar-refractivity contribution is -0.132. The first-order chi connectivity index (χ1) is 8.62. The Bertz CT molecular complexity index is 556. The van der Waals surface area contributed by atoms with Crippen LogP contribution in [0.5, 0.6) is 5.75 Å². The predicted molar refractivity (Wildman–Crippen MR) is 68.0 cm³/mol. The minimum atomic E-state index is -5.67. The zero-order chi connectivity index (χ0) is 14.7. The van der Waals surface area contributed by atoms with Crippen LogP contribution in [0.1, 0.15) is 0 Å². The van der Waals surface area contributed by atoms with Crippen molar-refractivity contribution in [1.82, 2.24) is 0 Å². The Morgan fingerprint density at radius 2 is 1.79 bits per heavy atom. The third kappa shape index (κ3) is 4.95. The molecule has 0 bridgehead atoms. The molecule has 0 N–H and O–H groups in total. The minimum Gasteiger partial charge on any atom is -0.532 e. The number of benzene rings is 1. The van der Waals surface area contributed by atoms with E-state index < -0.39 is 28.0 Å². The van der Waals surface area contributed by atoms with Gasteiger partial charge in [-0.15, -0.1) is 0 Å². The molecule has 10 heteroatoms. The van der Waals surface area contributed by atoms with Gasteiger partial charge in [0.15, 0.2) is 10.0 Å². The van der Waals surface area contributed by atoms with Crippen LogP contribution in [0, 0.1) is 3.57 Å². The number of hydrogen-bond donors (Lipinski definition) is 0. The maximum absolute atomic E-state index is 11.9. The third-order valence-electron chi connectivity index (χ3n) is 1.70. The van der Waals surface area contributed by atoms with Crippen molar-refractivity contribution >= 4 is 38.6 Å². The van der Waals surface area contributed by atoms with Crippen molar-refractivity contribution in [2.45, 2.75) is 5.51 Å². The SMILES string of the molecule is O=C(C[N-]S(=O)(=O)C(F)(F)F)Oc1ccc(I)cc1. The van der Waals surface area contributed by atoms with E-state index in [1.54, 1.807) is 12.1 Å². The highest BCUT2D eigenvalue weighted by Crippen LogP contribution is 2.27. The standard InChI is InChI=1S/C9H6F3INO4S/c10-9(11,12)19(16,17)14-5-8(15)18-7-3-1-6(13)2-4-7/h1-4H,5H2/q-1. The molecule has 19 heavy (non-hydrogen) atoms. The van der Waals surface area contributed by atoms with Gasteiger partial charge in [0.1, 0.15) is 5.75 Å². The summed E-state index contributed by atoms with van der Waals surface area (Å²) >= 11 is 2.00. The highest BCUT2D eigenvalue weighted by molar-refractivity contribution is 14.1. The van der Waals surface area contributed by atoms with E-state index in [0.717, 1.165) is 3.57 Å². The van der Waals surface area contributed by atoms with E-state index in [2.05, 4.69) is 9.46 Å². The monoisotopic (exact) mass is 408 g/mol. The maximum atomic E-state index is 11.9. The Morgan fingerprint density at radius 3 is 2.26 bits per heavy atom. The zero-order valence-corrected chi connectivity index (χ0v) is 12.0. The lowest BCUT2D eigenvalue weighted by Crippen LogP contribution is -2.25. The molecule has 1 rings (SSSR count). The fourth-order valence-corrected chi connectivity index (χ4v) is 1.66. The second-order valence-corrected chi connectivity index (χ2v) is 6.05. The van der Waals surface area contributed by atoms with E-state index in [1.165, 1.54) is 12.1 Å². The van der Waals surface area contributed by atoms with E-state index in [4.69, 9.17) is 0 Å².